The lowest BCUT2D eigenvalue weighted by molar-refractivity contribution is 0.0814. The molecule has 0 spiro atoms. The van der Waals surface area contributed by atoms with E-state index in [0.717, 1.165) is 26.2 Å². The fraction of sp³-hybridized carbons (Fsp3) is 1.00. The van der Waals surface area contributed by atoms with Gasteiger partial charge in [0.2, 0.25) is 0 Å². The number of nitrogens with one attached hydrogen (secondary N) is 1. The van der Waals surface area contributed by atoms with Crippen molar-refractivity contribution in [2.24, 2.45) is 0 Å². The second kappa shape index (κ2) is 6.38. The standard InChI is InChI=1S/C11H24N2O/c1-10(2)12-6-7-13(3)9-11-5-4-8-14-11/h10-12H,4-9H2,1-3H3/t11-/m0/s1. The Morgan fingerprint density at radius 2 is 2.29 bits per heavy atom. The minimum Gasteiger partial charge on any atom is -0.377 e. The summed E-state index contributed by atoms with van der Waals surface area (Å²) in [7, 11) is 2.17. The van der Waals surface area contributed by atoms with Crippen molar-refractivity contribution in [1.82, 2.24) is 10.2 Å². The molecule has 3 heteroatoms. The van der Waals surface area contributed by atoms with Crippen LogP contribution < -0.4 is 5.32 Å². The van der Waals surface area contributed by atoms with E-state index < -0.39 is 0 Å². The van der Waals surface area contributed by atoms with Gasteiger partial charge < -0.3 is 15.0 Å². The first kappa shape index (κ1) is 12.0. The second-order valence-electron chi connectivity index (χ2n) is 4.51. The molecule has 0 bridgehead atoms. The topological polar surface area (TPSA) is 24.5 Å². The predicted octanol–water partition coefficient (Wildman–Crippen LogP) is 1.10. The van der Waals surface area contributed by atoms with Crippen LogP contribution in [-0.2, 0) is 4.74 Å². The van der Waals surface area contributed by atoms with Crippen LogP contribution in [0.2, 0.25) is 0 Å². The number of ether oxygens (including phenoxy) is 1. The molecule has 1 N–H and O–H groups in total. The predicted molar refractivity (Wildman–Crippen MR) is 59.6 cm³/mol. The van der Waals surface area contributed by atoms with Crippen molar-refractivity contribution >= 4 is 0 Å². The molecular weight excluding hydrogens is 176 g/mol. The molecule has 3 nitrogen and oxygen atoms in total. The highest BCUT2D eigenvalue weighted by Gasteiger charge is 2.16. The zero-order valence-corrected chi connectivity index (χ0v) is 9.75. The van der Waals surface area contributed by atoms with Crippen LogP contribution in [0.3, 0.4) is 0 Å². The first-order chi connectivity index (χ1) is 6.68. The number of nitrogens with zero attached hydrogens (tertiary/aromatic N) is 1. The largest absolute Gasteiger partial charge is 0.377 e. The van der Waals surface area contributed by atoms with Crippen molar-refractivity contribution in [2.75, 3.05) is 33.3 Å². The van der Waals surface area contributed by atoms with Crippen LogP contribution in [0, 0.1) is 0 Å². The fourth-order valence-electron chi connectivity index (χ4n) is 1.77. The van der Waals surface area contributed by atoms with Crippen LogP contribution in [0.5, 0.6) is 0 Å². The van der Waals surface area contributed by atoms with E-state index in [-0.39, 0.29) is 0 Å². The van der Waals surface area contributed by atoms with E-state index in [4.69, 9.17) is 4.74 Å². The summed E-state index contributed by atoms with van der Waals surface area (Å²) in [5, 5.41) is 3.42. The van der Waals surface area contributed by atoms with Gasteiger partial charge in [-0.15, -0.1) is 0 Å². The van der Waals surface area contributed by atoms with E-state index in [1.807, 2.05) is 0 Å². The molecule has 1 aliphatic rings. The molecule has 0 unspecified atom stereocenters. The summed E-state index contributed by atoms with van der Waals surface area (Å²) >= 11 is 0. The highest BCUT2D eigenvalue weighted by Crippen LogP contribution is 2.12. The first-order valence-corrected chi connectivity index (χ1v) is 5.72. The molecule has 0 aromatic heterocycles. The smallest absolute Gasteiger partial charge is 0.0702 e. The lowest BCUT2D eigenvalue weighted by Gasteiger charge is -2.21. The van der Waals surface area contributed by atoms with Crippen molar-refractivity contribution in [3.8, 4) is 0 Å². The molecule has 1 saturated heterocycles. The summed E-state index contributed by atoms with van der Waals surface area (Å²) in [5.41, 5.74) is 0. The third kappa shape index (κ3) is 4.94. The molecule has 1 atom stereocenters. The quantitative estimate of drug-likeness (QED) is 0.695. The number of hydrogen-bond donors (Lipinski definition) is 1. The van der Waals surface area contributed by atoms with Crippen molar-refractivity contribution in [1.29, 1.82) is 0 Å². The van der Waals surface area contributed by atoms with E-state index in [9.17, 15) is 0 Å². The van der Waals surface area contributed by atoms with Gasteiger partial charge in [-0.1, -0.05) is 13.8 Å². The van der Waals surface area contributed by atoms with E-state index in [1.54, 1.807) is 0 Å². The Hall–Kier alpha value is -0.120. The Kier molecular flexibility index (Phi) is 5.45. The van der Waals surface area contributed by atoms with Crippen molar-refractivity contribution < 1.29 is 4.74 Å². The van der Waals surface area contributed by atoms with Crippen LogP contribution in [-0.4, -0.2) is 50.3 Å². The van der Waals surface area contributed by atoms with Gasteiger partial charge in [0.25, 0.3) is 0 Å². The van der Waals surface area contributed by atoms with Gasteiger partial charge in [-0.05, 0) is 19.9 Å². The Morgan fingerprint density at radius 3 is 2.86 bits per heavy atom. The Bertz CT molecular complexity index is 144. The first-order valence-electron chi connectivity index (χ1n) is 5.72. The molecule has 14 heavy (non-hydrogen) atoms. The van der Waals surface area contributed by atoms with Crippen molar-refractivity contribution in [3.05, 3.63) is 0 Å². The summed E-state index contributed by atoms with van der Waals surface area (Å²) in [5.74, 6) is 0. The number of hydrogen-bond acceptors (Lipinski definition) is 3. The minimum atomic E-state index is 0.485. The maximum atomic E-state index is 5.59. The summed E-state index contributed by atoms with van der Waals surface area (Å²) in [4.78, 5) is 2.35. The third-order valence-corrected chi connectivity index (χ3v) is 2.59. The van der Waals surface area contributed by atoms with Gasteiger partial charge in [0.1, 0.15) is 0 Å². The van der Waals surface area contributed by atoms with Crippen LogP contribution >= 0.6 is 0 Å². The molecule has 84 valence electrons. The van der Waals surface area contributed by atoms with Crippen LogP contribution in [0.15, 0.2) is 0 Å². The average molecular weight is 200 g/mol. The molecule has 0 aromatic carbocycles. The average Bonchev–Trinajstić information content (AvgIpc) is 2.56. The molecule has 0 saturated carbocycles. The zero-order valence-electron chi connectivity index (χ0n) is 9.75. The van der Waals surface area contributed by atoms with Crippen molar-refractivity contribution in [2.45, 2.75) is 38.8 Å². The van der Waals surface area contributed by atoms with Gasteiger partial charge in [0, 0.05) is 32.3 Å². The summed E-state index contributed by atoms with van der Waals surface area (Å²) in [6.07, 6.45) is 2.96. The summed E-state index contributed by atoms with van der Waals surface area (Å²) in [6.45, 7) is 8.58. The molecule has 0 radical (unpaired) electrons. The van der Waals surface area contributed by atoms with Gasteiger partial charge in [-0.3, -0.25) is 0 Å². The van der Waals surface area contributed by atoms with E-state index in [2.05, 4.69) is 31.1 Å². The Balaban J connectivity index is 2.00. The molecule has 1 aliphatic heterocycles. The lowest BCUT2D eigenvalue weighted by atomic mass is 10.2. The van der Waals surface area contributed by atoms with Gasteiger partial charge in [0.05, 0.1) is 6.10 Å². The van der Waals surface area contributed by atoms with Gasteiger partial charge in [-0.25, -0.2) is 0 Å². The molecule has 0 amide bonds. The molecule has 0 aromatic rings. The lowest BCUT2D eigenvalue weighted by Crippen LogP contribution is -2.36. The number of rotatable bonds is 6. The highest BCUT2D eigenvalue weighted by molar-refractivity contribution is 4.69. The molecular formula is C11H24N2O. The fourth-order valence-corrected chi connectivity index (χ4v) is 1.77. The highest BCUT2D eigenvalue weighted by atomic mass is 16.5. The number of likely N-dealkylation sites (N-methyl/N-ethyl adjacent to an activating group) is 1. The van der Waals surface area contributed by atoms with Crippen LogP contribution in [0.25, 0.3) is 0 Å². The zero-order chi connectivity index (χ0) is 10.4. The van der Waals surface area contributed by atoms with E-state index in [1.165, 1.54) is 12.8 Å². The minimum absolute atomic E-state index is 0.485. The van der Waals surface area contributed by atoms with Crippen LogP contribution in [0.1, 0.15) is 26.7 Å². The Morgan fingerprint density at radius 1 is 1.50 bits per heavy atom. The van der Waals surface area contributed by atoms with Gasteiger partial charge in [0.15, 0.2) is 0 Å². The van der Waals surface area contributed by atoms with E-state index in [0.29, 0.717) is 12.1 Å². The molecule has 1 fully saturated rings. The van der Waals surface area contributed by atoms with Gasteiger partial charge in [-0.2, -0.15) is 0 Å². The van der Waals surface area contributed by atoms with Crippen LogP contribution in [0.4, 0.5) is 0 Å². The molecule has 1 heterocycles. The SMILES string of the molecule is CC(C)NCCN(C)C[C@@H]1CCCO1. The van der Waals surface area contributed by atoms with Gasteiger partial charge >= 0.3 is 0 Å². The maximum Gasteiger partial charge on any atom is 0.0702 e. The van der Waals surface area contributed by atoms with E-state index >= 15 is 0 Å². The molecule has 0 aliphatic carbocycles. The summed E-state index contributed by atoms with van der Waals surface area (Å²) in [6, 6.07) is 0.589. The third-order valence-electron chi connectivity index (χ3n) is 2.59. The Labute approximate surface area is 87.8 Å². The maximum absolute atomic E-state index is 5.59. The summed E-state index contributed by atoms with van der Waals surface area (Å²) < 4.78 is 5.59. The van der Waals surface area contributed by atoms with Crippen molar-refractivity contribution in [3.63, 3.8) is 0 Å². The second-order valence-corrected chi connectivity index (χ2v) is 4.51. The molecule has 1 rings (SSSR count). The monoisotopic (exact) mass is 200 g/mol. The normalized spacial score (nSPS) is 22.5.